The number of benzene rings is 8. The van der Waals surface area contributed by atoms with Crippen molar-refractivity contribution in [1.82, 2.24) is 24.1 Å². The van der Waals surface area contributed by atoms with Crippen LogP contribution in [0.15, 0.2) is 176 Å². The first-order chi connectivity index (χ1) is 30.2. The van der Waals surface area contributed by atoms with E-state index in [1.807, 2.05) is 6.07 Å². The summed E-state index contributed by atoms with van der Waals surface area (Å²) in [7, 11) is 0. The molecule has 0 radical (unpaired) electrons. The molecule has 0 saturated carbocycles. The number of hydrogen-bond donors (Lipinski definition) is 0. The molecule has 8 aromatic carbocycles. The lowest BCUT2D eigenvalue weighted by atomic mass is 9.62. The van der Waals surface area contributed by atoms with Gasteiger partial charge in [-0.1, -0.05) is 167 Å². The Hall–Kier alpha value is -7.37. The van der Waals surface area contributed by atoms with Gasteiger partial charge >= 0.3 is 0 Å². The first-order valence-electron chi connectivity index (χ1n) is 21.7. The Kier molecular flexibility index (Phi) is 7.98. The molecular formula is C57H45N5. The third kappa shape index (κ3) is 5.58. The molecule has 3 heterocycles. The number of rotatable bonds is 5. The van der Waals surface area contributed by atoms with Crippen molar-refractivity contribution in [2.45, 2.75) is 51.4 Å². The van der Waals surface area contributed by atoms with E-state index in [-0.39, 0.29) is 10.8 Å². The van der Waals surface area contributed by atoms with E-state index in [2.05, 4.69) is 207 Å². The summed E-state index contributed by atoms with van der Waals surface area (Å²) in [5.41, 5.74) is 13.0. The number of para-hydroxylation sites is 2. The van der Waals surface area contributed by atoms with Crippen LogP contribution >= 0.6 is 0 Å². The third-order valence-corrected chi connectivity index (χ3v) is 13.6. The molecule has 0 bridgehead atoms. The minimum atomic E-state index is 0.0281. The van der Waals surface area contributed by atoms with Gasteiger partial charge in [0, 0.05) is 32.7 Å². The zero-order chi connectivity index (χ0) is 41.7. The highest BCUT2D eigenvalue weighted by atomic mass is 15.2. The highest BCUT2D eigenvalue weighted by Crippen LogP contribution is 2.50. The van der Waals surface area contributed by atoms with Gasteiger partial charge < -0.3 is 4.57 Å². The summed E-state index contributed by atoms with van der Waals surface area (Å²) in [6.45, 7) is 9.67. The highest BCUT2D eigenvalue weighted by Gasteiger charge is 2.39. The van der Waals surface area contributed by atoms with Crippen molar-refractivity contribution in [2.24, 2.45) is 0 Å². The monoisotopic (exact) mass is 799 g/mol. The van der Waals surface area contributed by atoms with Gasteiger partial charge in [0.15, 0.2) is 11.6 Å². The molecule has 5 nitrogen and oxygen atoms in total. The van der Waals surface area contributed by atoms with Crippen LogP contribution in [0.4, 0.5) is 0 Å². The molecule has 12 rings (SSSR count). The lowest BCUT2D eigenvalue weighted by molar-refractivity contribution is 0.331. The number of fused-ring (bicyclic) bond motifs is 9. The van der Waals surface area contributed by atoms with Crippen molar-refractivity contribution in [3.05, 3.63) is 187 Å². The first kappa shape index (κ1) is 36.5. The van der Waals surface area contributed by atoms with Crippen LogP contribution in [0.2, 0.25) is 0 Å². The molecule has 0 unspecified atom stereocenters. The lowest BCUT2D eigenvalue weighted by Crippen LogP contribution is -2.35. The van der Waals surface area contributed by atoms with E-state index >= 15 is 0 Å². The third-order valence-electron chi connectivity index (χ3n) is 13.6. The topological polar surface area (TPSA) is 48.5 Å². The fourth-order valence-corrected chi connectivity index (χ4v) is 10.4. The number of aromatic nitrogens is 5. The summed E-state index contributed by atoms with van der Waals surface area (Å²) in [5, 5.41) is 7.14. The quantitative estimate of drug-likeness (QED) is 0.174. The molecule has 1 aliphatic rings. The van der Waals surface area contributed by atoms with Crippen molar-refractivity contribution >= 4 is 54.4 Å². The minimum Gasteiger partial charge on any atom is -0.309 e. The maximum atomic E-state index is 5.35. The second kappa shape index (κ2) is 13.6. The van der Waals surface area contributed by atoms with Gasteiger partial charge in [-0.25, -0.2) is 4.98 Å². The molecule has 0 N–H and O–H groups in total. The van der Waals surface area contributed by atoms with E-state index < -0.39 is 0 Å². The number of nitrogens with zero attached hydrogens (tertiary/aromatic N) is 5. The SMILES string of the molecule is CC1(C)CCC(C)(C)c2c(-n3c4ccccc4c4c5c6ccccc6n(-c6nc(-c7ccc(-c8ccccc8)cc7)nc(-c7ccc8ccccc8c7)n6)c5ccc43)cccc21. The summed E-state index contributed by atoms with van der Waals surface area (Å²) >= 11 is 0. The summed E-state index contributed by atoms with van der Waals surface area (Å²) in [6.07, 6.45) is 2.31. The van der Waals surface area contributed by atoms with Crippen LogP contribution in [-0.2, 0) is 10.8 Å². The van der Waals surface area contributed by atoms with Gasteiger partial charge in [-0.15, -0.1) is 0 Å². The van der Waals surface area contributed by atoms with E-state index in [1.54, 1.807) is 0 Å². The number of hydrogen-bond acceptors (Lipinski definition) is 3. The fraction of sp³-hybridized carbons (Fsp3) is 0.140. The van der Waals surface area contributed by atoms with Crippen molar-refractivity contribution in [1.29, 1.82) is 0 Å². The zero-order valence-electron chi connectivity index (χ0n) is 35.4. The van der Waals surface area contributed by atoms with E-state index in [0.717, 1.165) is 44.9 Å². The Morgan fingerprint density at radius 3 is 1.68 bits per heavy atom. The van der Waals surface area contributed by atoms with Gasteiger partial charge in [0.1, 0.15) is 0 Å². The fourth-order valence-electron chi connectivity index (χ4n) is 10.4. The normalized spacial score (nSPS) is 14.6. The van der Waals surface area contributed by atoms with Crippen LogP contribution < -0.4 is 0 Å². The van der Waals surface area contributed by atoms with Crippen LogP contribution in [0.3, 0.4) is 0 Å². The van der Waals surface area contributed by atoms with Crippen LogP contribution in [0.25, 0.3) is 99.9 Å². The average molecular weight is 800 g/mol. The molecule has 0 spiro atoms. The Morgan fingerprint density at radius 1 is 0.403 bits per heavy atom. The standard InChI is InChI=1S/C57H45N5/c1-56(2)33-34-57(3,4)52-44(56)21-14-24-49(52)61-45-22-12-10-19-42(45)50-47(61)31-32-48-51(50)43-20-11-13-23-46(43)62(48)55-59-53(39-28-25-38(26-29-39)36-15-6-5-7-16-36)58-54(60-55)41-30-27-37-17-8-9-18-40(37)35-41/h5-32,35H,33-34H2,1-4H3. The molecule has 0 amide bonds. The maximum Gasteiger partial charge on any atom is 0.238 e. The van der Waals surface area contributed by atoms with Crippen molar-refractivity contribution < 1.29 is 0 Å². The van der Waals surface area contributed by atoms with E-state index in [0.29, 0.717) is 17.6 Å². The van der Waals surface area contributed by atoms with Gasteiger partial charge in [-0.05, 0) is 93.1 Å². The molecule has 5 heteroatoms. The second-order valence-corrected chi connectivity index (χ2v) is 18.3. The molecular weight excluding hydrogens is 755 g/mol. The summed E-state index contributed by atoms with van der Waals surface area (Å²) < 4.78 is 4.79. The molecule has 0 saturated heterocycles. The van der Waals surface area contributed by atoms with Gasteiger partial charge in [-0.3, -0.25) is 4.57 Å². The largest absolute Gasteiger partial charge is 0.309 e. The van der Waals surface area contributed by atoms with Crippen LogP contribution in [-0.4, -0.2) is 24.1 Å². The molecule has 11 aromatic rings. The van der Waals surface area contributed by atoms with Crippen LogP contribution in [0.1, 0.15) is 51.7 Å². The summed E-state index contributed by atoms with van der Waals surface area (Å²) in [6, 6.07) is 63.2. The van der Waals surface area contributed by atoms with Crippen LogP contribution in [0.5, 0.6) is 0 Å². The van der Waals surface area contributed by atoms with Gasteiger partial charge in [-0.2, -0.15) is 9.97 Å². The van der Waals surface area contributed by atoms with E-state index in [9.17, 15) is 0 Å². The maximum absolute atomic E-state index is 5.35. The molecule has 62 heavy (non-hydrogen) atoms. The smallest absolute Gasteiger partial charge is 0.238 e. The molecule has 0 atom stereocenters. The summed E-state index contributed by atoms with van der Waals surface area (Å²) in [4.78, 5) is 15.9. The molecule has 298 valence electrons. The van der Waals surface area contributed by atoms with Crippen LogP contribution in [0, 0.1) is 0 Å². The van der Waals surface area contributed by atoms with Crippen molar-refractivity contribution in [2.75, 3.05) is 0 Å². The van der Waals surface area contributed by atoms with Gasteiger partial charge in [0.2, 0.25) is 5.95 Å². The summed E-state index contributed by atoms with van der Waals surface area (Å²) in [5.74, 6) is 1.84. The minimum absolute atomic E-state index is 0.0281. The Bertz CT molecular complexity index is 3570. The van der Waals surface area contributed by atoms with Crippen molar-refractivity contribution in [3.8, 4) is 45.5 Å². The predicted octanol–water partition coefficient (Wildman–Crippen LogP) is 14.6. The van der Waals surface area contributed by atoms with E-state index in [1.165, 1.54) is 61.4 Å². The molecule has 0 fully saturated rings. The predicted molar refractivity (Wildman–Crippen MR) is 258 cm³/mol. The van der Waals surface area contributed by atoms with Gasteiger partial charge in [0.25, 0.3) is 0 Å². The Balaban J connectivity index is 1.13. The Morgan fingerprint density at radius 2 is 0.952 bits per heavy atom. The first-order valence-corrected chi connectivity index (χ1v) is 21.7. The van der Waals surface area contributed by atoms with Gasteiger partial charge in [0.05, 0.1) is 27.8 Å². The van der Waals surface area contributed by atoms with E-state index in [4.69, 9.17) is 15.0 Å². The molecule has 3 aromatic heterocycles. The highest BCUT2D eigenvalue weighted by molar-refractivity contribution is 6.28. The molecule has 1 aliphatic carbocycles. The second-order valence-electron chi connectivity index (χ2n) is 18.3. The lowest BCUT2D eigenvalue weighted by Gasteiger charge is -2.43. The molecule has 0 aliphatic heterocycles. The average Bonchev–Trinajstić information content (AvgIpc) is 3.83. The Labute approximate surface area is 361 Å². The zero-order valence-corrected chi connectivity index (χ0v) is 35.4. The van der Waals surface area contributed by atoms with Crippen molar-refractivity contribution in [3.63, 3.8) is 0 Å².